The van der Waals surface area contributed by atoms with E-state index >= 15 is 0 Å². The van der Waals surface area contributed by atoms with Gasteiger partial charge in [0.05, 0.1) is 12.2 Å². The number of hydrogen-bond acceptors (Lipinski definition) is 4. The minimum absolute atomic E-state index is 0.0140. The number of rotatable bonds is 7. The Labute approximate surface area is 145 Å². The Morgan fingerprint density at radius 1 is 1.32 bits per heavy atom. The number of nitrogens with one attached hydrogen (secondary N) is 2. The van der Waals surface area contributed by atoms with Gasteiger partial charge in [0.25, 0.3) is 5.91 Å². The van der Waals surface area contributed by atoms with Crippen molar-refractivity contribution in [3.05, 3.63) is 29.6 Å². The molecule has 0 saturated heterocycles. The molecule has 0 unspecified atom stereocenters. The number of likely N-dealkylation sites (N-methyl/N-ethyl adjacent to an activating group) is 1. The molecule has 1 aliphatic carbocycles. The molecule has 7 nitrogen and oxygen atoms in total. The second-order valence-corrected chi connectivity index (χ2v) is 6.13. The molecule has 1 aromatic carbocycles. The molecule has 3 N–H and O–H groups in total. The fourth-order valence-electron chi connectivity index (χ4n) is 2.90. The van der Waals surface area contributed by atoms with E-state index in [1.807, 2.05) is 11.8 Å². The van der Waals surface area contributed by atoms with Crippen molar-refractivity contribution in [1.29, 1.82) is 0 Å². The van der Waals surface area contributed by atoms with Crippen molar-refractivity contribution in [3.8, 4) is 0 Å². The van der Waals surface area contributed by atoms with Crippen LogP contribution < -0.4 is 10.6 Å². The summed E-state index contributed by atoms with van der Waals surface area (Å²) in [6, 6.07) is 3.87. The van der Waals surface area contributed by atoms with Crippen LogP contribution in [-0.4, -0.2) is 53.0 Å². The average molecular weight is 351 g/mol. The quantitative estimate of drug-likeness (QED) is 0.691. The summed E-state index contributed by atoms with van der Waals surface area (Å²) >= 11 is 0. The first-order valence-electron chi connectivity index (χ1n) is 8.14. The van der Waals surface area contributed by atoms with Crippen LogP contribution in [0.1, 0.15) is 37.0 Å². The summed E-state index contributed by atoms with van der Waals surface area (Å²) in [7, 11) is 0. The third kappa shape index (κ3) is 4.99. The highest BCUT2D eigenvalue weighted by atomic mass is 19.1. The van der Waals surface area contributed by atoms with Crippen molar-refractivity contribution >= 4 is 23.5 Å². The minimum atomic E-state index is -0.869. The first-order valence-corrected chi connectivity index (χ1v) is 8.14. The van der Waals surface area contributed by atoms with Gasteiger partial charge in [0.2, 0.25) is 5.91 Å². The van der Waals surface area contributed by atoms with Crippen molar-refractivity contribution in [1.82, 2.24) is 10.2 Å². The number of benzene rings is 1. The van der Waals surface area contributed by atoms with Gasteiger partial charge in [-0.15, -0.1) is 0 Å². The van der Waals surface area contributed by atoms with Crippen LogP contribution in [0.2, 0.25) is 0 Å². The van der Waals surface area contributed by atoms with E-state index in [0.717, 1.165) is 6.07 Å². The van der Waals surface area contributed by atoms with E-state index in [9.17, 15) is 18.8 Å². The number of anilines is 1. The first kappa shape index (κ1) is 18.9. The summed E-state index contributed by atoms with van der Waals surface area (Å²) in [5.74, 6) is -2.25. The first-order chi connectivity index (χ1) is 11.8. The molecule has 0 aromatic heterocycles. The van der Waals surface area contributed by atoms with Crippen molar-refractivity contribution in [3.63, 3.8) is 0 Å². The van der Waals surface area contributed by atoms with Crippen LogP contribution in [-0.2, 0) is 9.59 Å². The van der Waals surface area contributed by atoms with Crippen LogP contribution in [0.3, 0.4) is 0 Å². The number of amides is 2. The zero-order valence-corrected chi connectivity index (χ0v) is 14.2. The van der Waals surface area contributed by atoms with Crippen LogP contribution in [0.25, 0.3) is 0 Å². The fourth-order valence-corrected chi connectivity index (χ4v) is 2.90. The van der Waals surface area contributed by atoms with Gasteiger partial charge in [-0.25, -0.2) is 4.39 Å². The molecule has 0 atom stereocenters. The molecule has 0 radical (unpaired) electrons. The van der Waals surface area contributed by atoms with Gasteiger partial charge >= 0.3 is 5.97 Å². The average Bonchev–Trinajstić information content (AvgIpc) is 2.49. The summed E-state index contributed by atoms with van der Waals surface area (Å²) in [6.07, 6.45) is 1.35. The van der Waals surface area contributed by atoms with E-state index in [1.165, 1.54) is 19.1 Å². The molecule has 1 fully saturated rings. The molecule has 1 aliphatic rings. The lowest BCUT2D eigenvalue weighted by atomic mass is 9.85. The van der Waals surface area contributed by atoms with Gasteiger partial charge in [-0.1, -0.05) is 6.92 Å². The highest BCUT2D eigenvalue weighted by Gasteiger charge is 2.34. The Morgan fingerprint density at radius 3 is 2.56 bits per heavy atom. The molecule has 8 heteroatoms. The number of hydrogen-bond donors (Lipinski definition) is 3. The lowest BCUT2D eigenvalue weighted by Gasteiger charge is -2.42. The Kier molecular flexibility index (Phi) is 6.08. The number of nitrogens with zero attached hydrogens (tertiary/aromatic N) is 1. The maximum Gasteiger partial charge on any atom is 0.317 e. The van der Waals surface area contributed by atoms with Crippen LogP contribution in [0.4, 0.5) is 10.1 Å². The smallest absolute Gasteiger partial charge is 0.317 e. The Bertz CT molecular complexity index is 674. The number of carbonyl (C=O) groups is 3. The van der Waals surface area contributed by atoms with Crippen LogP contribution >= 0.6 is 0 Å². The summed E-state index contributed by atoms with van der Waals surface area (Å²) in [5.41, 5.74) is 0.219. The van der Waals surface area contributed by atoms with Gasteiger partial charge in [-0.3, -0.25) is 19.3 Å². The van der Waals surface area contributed by atoms with Gasteiger partial charge in [0.1, 0.15) is 5.82 Å². The number of carbonyl (C=O) groups excluding carboxylic acids is 2. The van der Waals surface area contributed by atoms with E-state index in [2.05, 4.69) is 10.6 Å². The number of aliphatic carboxylic acids is 1. The topological polar surface area (TPSA) is 98.7 Å². The highest BCUT2D eigenvalue weighted by Crippen LogP contribution is 2.26. The largest absolute Gasteiger partial charge is 0.480 e. The standard InChI is InChI=1S/C17H22FN3O4/c1-3-21(9-16(23)24)13-7-12(8-13)20-17(25)11-4-5-14(18)15(6-11)19-10(2)22/h4-6,12-13H,3,7-9H2,1-2H3,(H,19,22)(H,20,25)(H,23,24). The van der Waals surface area contributed by atoms with Crippen LogP contribution in [0.15, 0.2) is 18.2 Å². The second-order valence-electron chi connectivity index (χ2n) is 6.13. The monoisotopic (exact) mass is 351 g/mol. The molecule has 1 saturated carbocycles. The number of halogens is 1. The molecule has 136 valence electrons. The maximum absolute atomic E-state index is 13.6. The molecular weight excluding hydrogens is 329 g/mol. The van der Waals surface area contributed by atoms with E-state index in [1.54, 1.807) is 0 Å². The molecule has 1 aromatic rings. The normalized spacial score (nSPS) is 19.2. The SMILES string of the molecule is CCN(CC(=O)O)C1CC(NC(=O)c2ccc(F)c(NC(C)=O)c2)C1. The lowest BCUT2D eigenvalue weighted by molar-refractivity contribution is -0.139. The predicted molar refractivity (Wildman–Crippen MR) is 89.9 cm³/mol. The van der Waals surface area contributed by atoms with Gasteiger partial charge < -0.3 is 15.7 Å². The Morgan fingerprint density at radius 2 is 2.00 bits per heavy atom. The fraction of sp³-hybridized carbons (Fsp3) is 0.471. The van der Waals surface area contributed by atoms with Crippen molar-refractivity contribution in [2.24, 2.45) is 0 Å². The van der Waals surface area contributed by atoms with Crippen molar-refractivity contribution < 1.29 is 23.9 Å². The predicted octanol–water partition coefficient (Wildman–Crippen LogP) is 1.45. The van der Waals surface area contributed by atoms with E-state index in [4.69, 9.17) is 5.11 Å². The van der Waals surface area contributed by atoms with E-state index < -0.39 is 17.7 Å². The lowest BCUT2D eigenvalue weighted by Crippen LogP contribution is -2.54. The van der Waals surface area contributed by atoms with E-state index in [0.29, 0.717) is 19.4 Å². The third-order valence-electron chi connectivity index (χ3n) is 4.25. The maximum atomic E-state index is 13.6. The third-order valence-corrected chi connectivity index (χ3v) is 4.25. The summed E-state index contributed by atoms with van der Waals surface area (Å²) in [4.78, 5) is 36.0. The molecule has 0 heterocycles. The van der Waals surface area contributed by atoms with Gasteiger partial charge in [-0.05, 0) is 37.6 Å². The van der Waals surface area contributed by atoms with Crippen LogP contribution in [0, 0.1) is 5.82 Å². The number of carboxylic acids is 1. The Balaban J connectivity index is 1.91. The van der Waals surface area contributed by atoms with Crippen molar-refractivity contribution in [2.75, 3.05) is 18.4 Å². The van der Waals surface area contributed by atoms with Crippen molar-refractivity contribution in [2.45, 2.75) is 38.8 Å². The Hall–Kier alpha value is -2.48. The summed E-state index contributed by atoms with van der Waals surface area (Å²) in [5, 5.41) is 14.1. The zero-order valence-electron chi connectivity index (χ0n) is 14.2. The van der Waals surface area contributed by atoms with Gasteiger partial charge in [-0.2, -0.15) is 0 Å². The van der Waals surface area contributed by atoms with Gasteiger partial charge in [0, 0.05) is 24.6 Å². The number of carboxylic acid groups (broad SMARTS) is 1. The molecule has 25 heavy (non-hydrogen) atoms. The van der Waals surface area contributed by atoms with Gasteiger partial charge in [0.15, 0.2) is 0 Å². The molecule has 2 rings (SSSR count). The molecular formula is C17H22FN3O4. The van der Waals surface area contributed by atoms with Crippen LogP contribution in [0.5, 0.6) is 0 Å². The summed E-state index contributed by atoms with van der Waals surface area (Å²) < 4.78 is 13.6. The molecule has 0 spiro atoms. The summed E-state index contributed by atoms with van der Waals surface area (Å²) in [6.45, 7) is 3.78. The minimum Gasteiger partial charge on any atom is -0.480 e. The highest BCUT2D eigenvalue weighted by molar-refractivity contribution is 5.97. The van der Waals surface area contributed by atoms with E-state index in [-0.39, 0.29) is 35.8 Å². The molecule has 0 aliphatic heterocycles. The second kappa shape index (κ2) is 8.06. The zero-order chi connectivity index (χ0) is 18.6. The molecule has 0 bridgehead atoms. The molecule has 2 amide bonds.